The second-order valence-corrected chi connectivity index (χ2v) is 5.00. The van der Waals surface area contributed by atoms with E-state index in [0.29, 0.717) is 12.5 Å². The topological polar surface area (TPSA) is 58.6 Å². The summed E-state index contributed by atoms with van der Waals surface area (Å²) < 4.78 is 0. The van der Waals surface area contributed by atoms with E-state index in [9.17, 15) is 5.11 Å². The van der Waals surface area contributed by atoms with Crippen molar-refractivity contribution in [3.8, 4) is 0 Å². The van der Waals surface area contributed by atoms with Gasteiger partial charge in [-0.25, -0.2) is 0 Å². The number of hydrogen-bond acceptors (Lipinski definition) is 3. The minimum absolute atomic E-state index is 0.448. The lowest BCUT2D eigenvalue weighted by Gasteiger charge is -2.30. The number of rotatable bonds is 2. The van der Waals surface area contributed by atoms with Gasteiger partial charge in [-0.15, -0.1) is 0 Å². The summed E-state index contributed by atoms with van der Waals surface area (Å²) in [5.74, 6) is 0.646. The Morgan fingerprint density at radius 3 is 2.62 bits per heavy atom. The fourth-order valence-electron chi connectivity index (χ4n) is 2.98. The zero-order valence-electron chi connectivity index (χ0n) is 10.1. The van der Waals surface area contributed by atoms with Crippen LogP contribution in [0.15, 0.2) is 16.1 Å². The fourth-order valence-corrected chi connectivity index (χ4v) is 2.98. The van der Waals surface area contributed by atoms with E-state index in [-0.39, 0.29) is 0 Å². The second-order valence-electron chi connectivity index (χ2n) is 5.00. The second kappa shape index (κ2) is 5.11. The van der Waals surface area contributed by atoms with Crippen molar-refractivity contribution < 1.29 is 5.11 Å². The first-order chi connectivity index (χ1) is 7.72. The van der Waals surface area contributed by atoms with Gasteiger partial charge in [0.1, 0.15) is 0 Å². The zero-order valence-corrected chi connectivity index (χ0v) is 10.1. The van der Waals surface area contributed by atoms with E-state index in [4.69, 9.17) is 5.73 Å². The van der Waals surface area contributed by atoms with Crippen molar-refractivity contribution in [3.05, 3.63) is 11.1 Å². The number of aliphatic hydroxyl groups excluding tert-OH is 1. The van der Waals surface area contributed by atoms with Crippen LogP contribution in [0, 0.1) is 5.92 Å². The monoisotopic (exact) mass is 222 g/mol. The number of hydrogen-bond donors (Lipinski definition) is 2. The molecule has 0 bridgehead atoms. The van der Waals surface area contributed by atoms with Crippen LogP contribution in [0.1, 0.15) is 45.4 Å². The molecule has 0 aromatic rings. The van der Waals surface area contributed by atoms with Crippen LogP contribution in [0.5, 0.6) is 0 Å². The SMILES string of the molecule is CC1=NC(O)C(CN)=C(C2CCCCC2)C1. The third-order valence-electron chi connectivity index (χ3n) is 3.83. The van der Waals surface area contributed by atoms with Crippen LogP contribution < -0.4 is 5.73 Å². The molecule has 0 aromatic carbocycles. The van der Waals surface area contributed by atoms with Crippen LogP contribution in [0.2, 0.25) is 0 Å². The molecule has 0 amide bonds. The highest BCUT2D eigenvalue weighted by atomic mass is 16.3. The first-order valence-electron chi connectivity index (χ1n) is 6.35. The maximum Gasteiger partial charge on any atom is 0.168 e. The standard InChI is InChI=1S/C13H22N2O/c1-9-7-11(10-5-3-2-4-6-10)12(8-14)13(16)15-9/h10,13,16H,2-8,14H2,1H3. The fraction of sp³-hybridized carbons (Fsp3) is 0.769. The summed E-state index contributed by atoms with van der Waals surface area (Å²) in [4.78, 5) is 4.21. The van der Waals surface area contributed by atoms with Gasteiger partial charge in [0.2, 0.25) is 0 Å². The predicted octanol–water partition coefficient (Wildman–Crippen LogP) is 2.00. The highest BCUT2D eigenvalue weighted by molar-refractivity contribution is 5.85. The first-order valence-corrected chi connectivity index (χ1v) is 6.35. The van der Waals surface area contributed by atoms with Crippen molar-refractivity contribution in [2.45, 2.75) is 51.7 Å². The number of nitrogens with zero attached hydrogens (tertiary/aromatic N) is 1. The minimum Gasteiger partial charge on any atom is -0.368 e. The molecule has 3 nitrogen and oxygen atoms in total. The molecule has 1 aliphatic carbocycles. The molecule has 1 saturated carbocycles. The van der Waals surface area contributed by atoms with E-state index in [1.54, 1.807) is 0 Å². The largest absolute Gasteiger partial charge is 0.368 e. The number of allylic oxidation sites excluding steroid dienone is 1. The molecule has 1 fully saturated rings. The maximum absolute atomic E-state index is 9.92. The summed E-state index contributed by atoms with van der Waals surface area (Å²) >= 11 is 0. The normalized spacial score (nSPS) is 28.2. The number of aliphatic hydroxyl groups is 1. The molecule has 1 heterocycles. The summed E-state index contributed by atoms with van der Waals surface area (Å²) in [6, 6.07) is 0. The predicted molar refractivity (Wildman–Crippen MR) is 66.4 cm³/mol. The van der Waals surface area contributed by atoms with Gasteiger partial charge >= 0.3 is 0 Å². The Morgan fingerprint density at radius 2 is 2.00 bits per heavy atom. The van der Waals surface area contributed by atoms with Gasteiger partial charge in [-0.2, -0.15) is 0 Å². The van der Waals surface area contributed by atoms with E-state index in [1.807, 2.05) is 6.92 Å². The van der Waals surface area contributed by atoms with Crippen molar-refractivity contribution in [1.82, 2.24) is 0 Å². The Balaban J connectivity index is 2.20. The number of nitrogens with two attached hydrogens (primary N) is 1. The number of aliphatic imine (C=N–C) groups is 1. The van der Waals surface area contributed by atoms with E-state index >= 15 is 0 Å². The van der Waals surface area contributed by atoms with Crippen LogP contribution in [-0.2, 0) is 0 Å². The highest BCUT2D eigenvalue weighted by Gasteiger charge is 2.26. The molecule has 0 aromatic heterocycles. The average molecular weight is 222 g/mol. The van der Waals surface area contributed by atoms with Gasteiger partial charge in [-0.1, -0.05) is 24.8 Å². The summed E-state index contributed by atoms with van der Waals surface area (Å²) in [5, 5.41) is 9.92. The Hall–Kier alpha value is -0.670. The van der Waals surface area contributed by atoms with Crippen molar-refractivity contribution >= 4 is 5.71 Å². The molecule has 2 rings (SSSR count). The molecular weight excluding hydrogens is 200 g/mol. The van der Waals surface area contributed by atoms with Crippen LogP contribution in [-0.4, -0.2) is 23.6 Å². The van der Waals surface area contributed by atoms with Gasteiger partial charge < -0.3 is 10.8 Å². The van der Waals surface area contributed by atoms with Gasteiger partial charge in [0.15, 0.2) is 6.23 Å². The van der Waals surface area contributed by atoms with E-state index in [1.165, 1.54) is 37.7 Å². The van der Waals surface area contributed by atoms with Crippen molar-refractivity contribution in [2.24, 2.45) is 16.6 Å². The van der Waals surface area contributed by atoms with Crippen LogP contribution in [0.25, 0.3) is 0 Å². The van der Waals surface area contributed by atoms with E-state index in [2.05, 4.69) is 4.99 Å². The Labute approximate surface area is 97.4 Å². The van der Waals surface area contributed by atoms with Gasteiger partial charge in [0.25, 0.3) is 0 Å². The molecule has 3 N–H and O–H groups in total. The molecule has 1 unspecified atom stereocenters. The van der Waals surface area contributed by atoms with Crippen molar-refractivity contribution in [2.75, 3.05) is 6.54 Å². The summed E-state index contributed by atoms with van der Waals surface area (Å²) in [6.45, 7) is 2.45. The summed E-state index contributed by atoms with van der Waals surface area (Å²) in [7, 11) is 0. The zero-order chi connectivity index (χ0) is 11.5. The first kappa shape index (κ1) is 11.8. The Bertz CT molecular complexity index is 314. The molecule has 1 atom stereocenters. The molecule has 16 heavy (non-hydrogen) atoms. The molecule has 2 aliphatic rings. The van der Waals surface area contributed by atoms with Crippen LogP contribution in [0.3, 0.4) is 0 Å². The van der Waals surface area contributed by atoms with Gasteiger partial charge in [-0.3, -0.25) is 4.99 Å². The third-order valence-corrected chi connectivity index (χ3v) is 3.83. The van der Waals surface area contributed by atoms with Crippen molar-refractivity contribution in [1.29, 1.82) is 0 Å². The van der Waals surface area contributed by atoms with Crippen molar-refractivity contribution in [3.63, 3.8) is 0 Å². The highest BCUT2D eigenvalue weighted by Crippen LogP contribution is 2.35. The maximum atomic E-state index is 9.92. The molecule has 0 radical (unpaired) electrons. The average Bonchev–Trinajstić information content (AvgIpc) is 2.29. The molecule has 90 valence electrons. The lowest BCUT2D eigenvalue weighted by molar-refractivity contribution is 0.212. The summed E-state index contributed by atoms with van der Waals surface area (Å²) in [6.07, 6.45) is 6.77. The van der Waals surface area contributed by atoms with Gasteiger partial charge in [-0.05, 0) is 31.3 Å². The minimum atomic E-state index is -0.671. The van der Waals surface area contributed by atoms with Crippen LogP contribution in [0.4, 0.5) is 0 Å². The smallest absolute Gasteiger partial charge is 0.168 e. The van der Waals surface area contributed by atoms with Gasteiger partial charge in [0, 0.05) is 18.7 Å². The van der Waals surface area contributed by atoms with E-state index < -0.39 is 6.23 Å². The Morgan fingerprint density at radius 1 is 1.31 bits per heavy atom. The molecule has 3 heteroatoms. The number of dihydropyridines is 1. The summed E-state index contributed by atoms with van der Waals surface area (Å²) in [5.41, 5.74) is 9.17. The quantitative estimate of drug-likeness (QED) is 0.702. The lowest BCUT2D eigenvalue weighted by Crippen LogP contribution is -2.27. The molecular formula is C13H22N2O. The van der Waals surface area contributed by atoms with Gasteiger partial charge in [0.05, 0.1) is 0 Å². The van der Waals surface area contributed by atoms with Crippen LogP contribution >= 0.6 is 0 Å². The molecule has 0 saturated heterocycles. The Kier molecular flexibility index (Phi) is 3.77. The molecule has 0 spiro atoms. The molecule has 1 aliphatic heterocycles. The lowest BCUT2D eigenvalue weighted by atomic mass is 9.78. The van der Waals surface area contributed by atoms with E-state index in [0.717, 1.165) is 17.7 Å². The third kappa shape index (κ3) is 2.36.